The van der Waals surface area contributed by atoms with E-state index in [-0.39, 0.29) is 0 Å². The number of thiazole rings is 2. The zero-order chi connectivity index (χ0) is 30.1. The van der Waals surface area contributed by atoms with Gasteiger partial charge in [0.15, 0.2) is 0 Å². The molecule has 0 N–H and O–H groups in total. The van der Waals surface area contributed by atoms with Crippen molar-refractivity contribution in [2.24, 2.45) is 0 Å². The fraction of sp³-hybridized carbons (Fsp3) is 0.294. The minimum atomic E-state index is 0.496. The summed E-state index contributed by atoms with van der Waals surface area (Å²) >= 11 is 3.42. The molecule has 4 aromatic carbocycles. The molecule has 6 aromatic rings. The van der Waals surface area contributed by atoms with E-state index < -0.39 is 0 Å². The molecule has 0 aliphatic carbocycles. The Labute approximate surface area is 264 Å². The molecule has 0 aliphatic rings. The van der Waals surface area contributed by atoms with E-state index in [2.05, 4.69) is 48.5 Å². The molecule has 228 valence electrons. The number of aromatic nitrogens is 2. The number of hydrogen-bond acceptors (Lipinski definition) is 10. The van der Waals surface area contributed by atoms with Gasteiger partial charge in [-0.2, -0.15) is 0 Å². The third kappa shape index (κ3) is 7.18. The first-order valence-electron chi connectivity index (χ1n) is 14.5. The smallest absolute Gasteiger partial charge is 0.124 e. The highest BCUT2D eigenvalue weighted by atomic mass is 32.1. The minimum Gasteiger partial charge on any atom is -0.491 e. The summed E-state index contributed by atoms with van der Waals surface area (Å²) in [5.74, 6) is 1.62. The Morgan fingerprint density at radius 3 is 1.30 bits per heavy atom. The molecule has 0 saturated heterocycles. The summed E-state index contributed by atoms with van der Waals surface area (Å²) in [6, 6.07) is 24.7. The number of benzene rings is 4. The predicted octanol–water partition coefficient (Wildman–Crippen LogP) is 7.48. The summed E-state index contributed by atoms with van der Waals surface area (Å²) in [5.41, 5.74) is 4.12. The third-order valence-corrected chi connectivity index (χ3v) is 9.27. The maximum absolute atomic E-state index is 5.80. The van der Waals surface area contributed by atoms with Gasteiger partial charge < -0.3 is 28.4 Å². The number of ether oxygens (including phenoxy) is 6. The van der Waals surface area contributed by atoms with Crippen LogP contribution in [0.2, 0.25) is 0 Å². The van der Waals surface area contributed by atoms with Crippen LogP contribution in [0.5, 0.6) is 11.5 Å². The van der Waals surface area contributed by atoms with E-state index in [0.717, 1.165) is 43.7 Å². The standard InChI is InChI=1S/C34H34N2O6S2/c1-37-15-17-39-19-21-41-25-7-3-23(4-8-25)33-35-29-13-11-28-27(31(29)43-33)12-14-30-32(28)44-34(36-30)24-5-9-26(10-6-24)42-22-20-40-18-16-38-2/h3-14H,15-22H2,1-2H3. The van der Waals surface area contributed by atoms with E-state index in [1.807, 2.05) is 24.3 Å². The van der Waals surface area contributed by atoms with Gasteiger partial charge in [0, 0.05) is 36.1 Å². The van der Waals surface area contributed by atoms with E-state index in [0.29, 0.717) is 52.9 Å². The maximum atomic E-state index is 5.80. The van der Waals surface area contributed by atoms with Crippen LogP contribution in [0.15, 0.2) is 72.8 Å². The summed E-state index contributed by atoms with van der Waals surface area (Å²) in [7, 11) is 3.32. The van der Waals surface area contributed by atoms with Crippen LogP contribution in [0.1, 0.15) is 0 Å². The summed E-state index contributed by atoms with van der Waals surface area (Å²) in [5, 5.41) is 4.35. The van der Waals surface area contributed by atoms with Gasteiger partial charge in [0.1, 0.15) is 34.7 Å². The highest BCUT2D eigenvalue weighted by Gasteiger charge is 2.14. The fourth-order valence-electron chi connectivity index (χ4n) is 4.74. The second-order valence-electron chi connectivity index (χ2n) is 9.92. The van der Waals surface area contributed by atoms with Crippen molar-refractivity contribution in [3.63, 3.8) is 0 Å². The quantitative estimate of drug-likeness (QED) is 0.102. The molecule has 44 heavy (non-hydrogen) atoms. The number of methoxy groups -OCH3 is 2. The Kier molecular flexibility index (Phi) is 10.3. The highest BCUT2D eigenvalue weighted by molar-refractivity contribution is 7.23. The zero-order valence-corrected chi connectivity index (χ0v) is 26.4. The maximum Gasteiger partial charge on any atom is 0.124 e. The normalized spacial score (nSPS) is 11.6. The SMILES string of the molecule is COCCOCCOc1ccc(-c2nc3ccc4c(ccc5nc(-c6ccc(OCCOCCOC)cc6)sc54)c3s2)cc1. The molecule has 0 fully saturated rings. The lowest BCUT2D eigenvalue weighted by molar-refractivity contribution is 0.0544. The van der Waals surface area contributed by atoms with Crippen molar-refractivity contribution < 1.29 is 28.4 Å². The van der Waals surface area contributed by atoms with E-state index in [9.17, 15) is 0 Å². The van der Waals surface area contributed by atoms with E-state index >= 15 is 0 Å². The van der Waals surface area contributed by atoms with Crippen LogP contribution in [0, 0.1) is 0 Å². The molecule has 0 unspecified atom stereocenters. The second-order valence-corrected chi connectivity index (χ2v) is 11.9. The van der Waals surface area contributed by atoms with Crippen LogP contribution < -0.4 is 9.47 Å². The van der Waals surface area contributed by atoms with Crippen LogP contribution >= 0.6 is 22.7 Å². The molecule has 0 spiro atoms. The molecule has 0 bridgehead atoms. The van der Waals surface area contributed by atoms with Crippen molar-refractivity contribution in [2.75, 3.05) is 67.1 Å². The number of rotatable bonds is 16. The van der Waals surface area contributed by atoms with Crippen LogP contribution in [0.25, 0.3) is 52.3 Å². The highest BCUT2D eigenvalue weighted by Crippen LogP contribution is 2.40. The van der Waals surface area contributed by atoms with Crippen LogP contribution in [-0.4, -0.2) is 77.0 Å². The average Bonchev–Trinajstić information content (AvgIpc) is 3.70. The molecular weight excluding hydrogens is 597 g/mol. The Balaban J connectivity index is 1.16. The van der Waals surface area contributed by atoms with Gasteiger partial charge in [-0.1, -0.05) is 12.1 Å². The average molecular weight is 631 g/mol. The first-order valence-corrected chi connectivity index (χ1v) is 16.1. The van der Waals surface area contributed by atoms with Gasteiger partial charge in [-0.25, -0.2) is 9.97 Å². The fourth-order valence-corrected chi connectivity index (χ4v) is 6.93. The zero-order valence-electron chi connectivity index (χ0n) is 24.7. The lowest BCUT2D eigenvalue weighted by Gasteiger charge is -2.07. The Hall–Kier alpha value is -3.64. The molecule has 0 atom stereocenters. The molecule has 0 aliphatic heterocycles. The van der Waals surface area contributed by atoms with E-state index in [4.69, 9.17) is 38.4 Å². The molecule has 6 rings (SSSR count). The van der Waals surface area contributed by atoms with E-state index in [1.54, 1.807) is 36.9 Å². The minimum absolute atomic E-state index is 0.496. The van der Waals surface area contributed by atoms with Gasteiger partial charge in [-0.05, 0) is 60.7 Å². The molecule has 0 radical (unpaired) electrons. The largest absolute Gasteiger partial charge is 0.491 e. The lowest BCUT2D eigenvalue weighted by Crippen LogP contribution is -2.09. The monoisotopic (exact) mass is 630 g/mol. The molecular formula is C34H34N2O6S2. The van der Waals surface area contributed by atoms with Crippen molar-refractivity contribution in [2.45, 2.75) is 0 Å². The second kappa shape index (κ2) is 14.9. The number of hydrogen-bond donors (Lipinski definition) is 0. The van der Waals surface area contributed by atoms with Gasteiger partial charge in [0.05, 0.1) is 60.1 Å². The molecule has 0 amide bonds. The van der Waals surface area contributed by atoms with Crippen molar-refractivity contribution in [1.29, 1.82) is 0 Å². The van der Waals surface area contributed by atoms with Crippen molar-refractivity contribution in [1.82, 2.24) is 9.97 Å². The van der Waals surface area contributed by atoms with Crippen molar-refractivity contribution in [3.05, 3.63) is 72.8 Å². The van der Waals surface area contributed by atoms with Gasteiger partial charge >= 0.3 is 0 Å². The number of nitrogens with zero attached hydrogens (tertiary/aromatic N) is 2. The Morgan fingerprint density at radius 1 is 0.477 bits per heavy atom. The molecule has 2 heterocycles. The Morgan fingerprint density at radius 2 is 0.886 bits per heavy atom. The Bertz CT molecular complexity index is 1670. The van der Waals surface area contributed by atoms with Crippen LogP contribution in [0.4, 0.5) is 0 Å². The van der Waals surface area contributed by atoms with Gasteiger partial charge in [-0.15, -0.1) is 22.7 Å². The van der Waals surface area contributed by atoms with Gasteiger partial charge in [-0.3, -0.25) is 0 Å². The third-order valence-electron chi connectivity index (χ3n) is 6.96. The molecule has 2 aromatic heterocycles. The summed E-state index contributed by atoms with van der Waals surface area (Å²) in [6.45, 7) is 4.35. The van der Waals surface area contributed by atoms with E-state index in [1.165, 1.54) is 20.2 Å². The molecule has 0 saturated carbocycles. The van der Waals surface area contributed by atoms with Crippen LogP contribution in [0.3, 0.4) is 0 Å². The van der Waals surface area contributed by atoms with Crippen molar-refractivity contribution in [3.8, 4) is 32.6 Å². The van der Waals surface area contributed by atoms with Gasteiger partial charge in [0.2, 0.25) is 0 Å². The summed E-state index contributed by atoms with van der Waals surface area (Å²) in [6.07, 6.45) is 0. The van der Waals surface area contributed by atoms with Crippen molar-refractivity contribution >= 4 is 53.9 Å². The van der Waals surface area contributed by atoms with Crippen LogP contribution in [-0.2, 0) is 18.9 Å². The molecule has 8 nitrogen and oxygen atoms in total. The number of fused-ring (bicyclic) bond motifs is 5. The lowest BCUT2D eigenvalue weighted by atomic mass is 10.1. The summed E-state index contributed by atoms with van der Waals surface area (Å²) in [4.78, 5) is 9.91. The predicted molar refractivity (Wildman–Crippen MR) is 178 cm³/mol. The van der Waals surface area contributed by atoms with Gasteiger partial charge in [0.25, 0.3) is 0 Å². The molecule has 10 heteroatoms. The summed E-state index contributed by atoms with van der Waals surface area (Å²) < 4.78 is 34.9. The topological polar surface area (TPSA) is 81.2 Å². The first kappa shape index (κ1) is 30.4. The first-order chi connectivity index (χ1) is 21.7.